The standard InChI is InChI=1S/C16H30N2O/c1-13-6-9-18(15(13)10-19)12-16(7-2-3-8-16)11-17-14-4-5-14/h13-15,17,19H,2-12H2,1H3. The quantitative estimate of drug-likeness (QED) is 0.772. The van der Waals surface area contributed by atoms with E-state index in [4.69, 9.17) is 0 Å². The van der Waals surface area contributed by atoms with E-state index in [0.29, 0.717) is 24.0 Å². The van der Waals surface area contributed by atoms with Gasteiger partial charge in [0.05, 0.1) is 6.61 Å². The highest BCUT2D eigenvalue weighted by Gasteiger charge is 2.40. The Kier molecular flexibility index (Phi) is 4.16. The summed E-state index contributed by atoms with van der Waals surface area (Å²) >= 11 is 0. The molecule has 1 heterocycles. The van der Waals surface area contributed by atoms with Gasteiger partial charge in [0.25, 0.3) is 0 Å². The highest BCUT2D eigenvalue weighted by atomic mass is 16.3. The molecule has 110 valence electrons. The number of nitrogens with zero attached hydrogens (tertiary/aromatic N) is 1. The summed E-state index contributed by atoms with van der Waals surface area (Å²) in [4.78, 5) is 2.59. The zero-order chi connectivity index (χ0) is 13.3. The van der Waals surface area contributed by atoms with Crippen LogP contribution >= 0.6 is 0 Å². The van der Waals surface area contributed by atoms with Crippen molar-refractivity contribution in [3.05, 3.63) is 0 Å². The Balaban J connectivity index is 1.60. The Hall–Kier alpha value is -0.120. The molecule has 3 nitrogen and oxygen atoms in total. The fourth-order valence-corrected chi connectivity index (χ4v) is 4.17. The molecule has 3 heteroatoms. The van der Waals surface area contributed by atoms with Gasteiger partial charge in [0.15, 0.2) is 0 Å². The largest absolute Gasteiger partial charge is 0.395 e. The molecular formula is C16H30N2O. The fraction of sp³-hybridized carbons (Fsp3) is 1.00. The van der Waals surface area contributed by atoms with Crippen LogP contribution in [-0.2, 0) is 0 Å². The van der Waals surface area contributed by atoms with Crippen LogP contribution in [0, 0.1) is 11.3 Å². The molecule has 2 unspecified atom stereocenters. The van der Waals surface area contributed by atoms with Crippen LogP contribution in [0.25, 0.3) is 0 Å². The molecule has 0 aromatic carbocycles. The van der Waals surface area contributed by atoms with Crippen LogP contribution < -0.4 is 5.32 Å². The van der Waals surface area contributed by atoms with Crippen LogP contribution in [-0.4, -0.2) is 48.3 Å². The summed E-state index contributed by atoms with van der Waals surface area (Å²) in [6.07, 6.45) is 9.61. The SMILES string of the molecule is CC1CCN(CC2(CNC3CC3)CCCC2)C1CO. The van der Waals surface area contributed by atoms with Crippen molar-refractivity contribution in [2.75, 3.05) is 26.2 Å². The van der Waals surface area contributed by atoms with Gasteiger partial charge in [-0.05, 0) is 50.0 Å². The molecule has 2 aliphatic carbocycles. The van der Waals surface area contributed by atoms with Crippen molar-refractivity contribution >= 4 is 0 Å². The van der Waals surface area contributed by atoms with Crippen molar-refractivity contribution in [1.82, 2.24) is 10.2 Å². The van der Waals surface area contributed by atoms with Crippen LogP contribution in [0.15, 0.2) is 0 Å². The lowest BCUT2D eigenvalue weighted by atomic mass is 9.85. The van der Waals surface area contributed by atoms with Crippen molar-refractivity contribution in [2.24, 2.45) is 11.3 Å². The van der Waals surface area contributed by atoms with Crippen molar-refractivity contribution in [3.63, 3.8) is 0 Å². The predicted molar refractivity (Wildman–Crippen MR) is 78.2 cm³/mol. The Bertz CT molecular complexity index is 297. The molecule has 19 heavy (non-hydrogen) atoms. The Morgan fingerprint density at radius 3 is 2.58 bits per heavy atom. The normalized spacial score (nSPS) is 35.1. The molecule has 1 aliphatic heterocycles. The van der Waals surface area contributed by atoms with Crippen LogP contribution in [0.5, 0.6) is 0 Å². The molecule has 0 spiro atoms. The second kappa shape index (κ2) is 5.71. The Labute approximate surface area is 117 Å². The molecule has 2 N–H and O–H groups in total. The second-order valence-corrected chi connectivity index (χ2v) is 7.35. The van der Waals surface area contributed by atoms with Gasteiger partial charge in [0.2, 0.25) is 0 Å². The molecule has 3 aliphatic rings. The van der Waals surface area contributed by atoms with Gasteiger partial charge >= 0.3 is 0 Å². The summed E-state index contributed by atoms with van der Waals surface area (Å²) in [5.41, 5.74) is 0.500. The van der Waals surface area contributed by atoms with Gasteiger partial charge in [-0.15, -0.1) is 0 Å². The van der Waals surface area contributed by atoms with E-state index in [0.717, 1.165) is 6.04 Å². The first-order valence-electron chi connectivity index (χ1n) is 8.31. The minimum Gasteiger partial charge on any atom is -0.395 e. The van der Waals surface area contributed by atoms with E-state index in [2.05, 4.69) is 17.1 Å². The fourth-order valence-electron chi connectivity index (χ4n) is 4.17. The zero-order valence-electron chi connectivity index (χ0n) is 12.4. The molecule has 0 amide bonds. The first-order chi connectivity index (χ1) is 9.22. The monoisotopic (exact) mass is 266 g/mol. The van der Waals surface area contributed by atoms with Crippen molar-refractivity contribution in [2.45, 2.75) is 64.0 Å². The topological polar surface area (TPSA) is 35.5 Å². The second-order valence-electron chi connectivity index (χ2n) is 7.35. The summed E-state index contributed by atoms with van der Waals surface area (Å²) in [6, 6.07) is 1.24. The third-order valence-electron chi connectivity index (χ3n) is 5.73. The van der Waals surface area contributed by atoms with Crippen LogP contribution in [0.1, 0.15) is 51.9 Å². The average molecular weight is 266 g/mol. The van der Waals surface area contributed by atoms with E-state index in [-0.39, 0.29) is 0 Å². The molecular weight excluding hydrogens is 236 g/mol. The number of nitrogens with one attached hydrogen (secondary N) is 1. The lowest BCUT2D eigenvalue weighted by Gasteiger charge is -2.37. The minimum absolute atomic E-state index is 0.341. The summed E-state index contributed by atoms with van der Waals surface area (Å²) in [5, 5.41) is 13.4. The zero-order valence-corrected chi connectivity index (χ0v) is 12.4. The van der Waals surface area contributed by atoms with Crippen LogP contribution in [0.4, 0.5) is 0 Å². The van der Waals surface area contributed by atoms with E-state index < -0.39 is 0 Å². The van der Waals surface area contributed by atoms with Gasteiger partial charge in [-0.1, -0.05) is 19.8 Å². The van der Waals surface area contributed by atoms with Crippen molar-refractivity contribution in [1.29, 1.82) is 0 Å². The number of aliphatic hydroxyl groups is 1. The van der Waals surface area contributed by atoms with E-state index in [1.165, 1.54) is 64.6 Å². The average Bonchev–Trinajstić information content (AvgIpc) is 3.03. The molecule has 0 aromatic rings. The third kappa shape index (κ3) is 3.14. The summed E-state index contributed by atoms with van der Waals surface area (Å²) in [7, 11) is 0. The summed E-state index contributed by atoms with van der Waals surface area (Å²) in [5.74, 6) is 0.667. The maximum atomic E-state index is 9.64. The summed E-state index contributed by atoms with van der Waals surface area (Å²) < 4.78 is 0. The molecule has 0 bridgehead atoms. The van der Waals surface area contributed by atoms with Gasteiger partial charge in [-0.2, -0.15) is 0 Å². The first kappa shape index (κ1) is 13.8. The van der Waals surface area contributed by atoms with Crippen LogP contribution in [0.3, 0.4) is 0 Å². The third-order valence-corrected chi connectivity index (χ3v) is 5.73. The van der Waals surface area contributed by atoms with Crippen molar-refractivity contribution in [3.8, 4) is 0 Å². The Morgan fingerprint density at radius 2 is 1.95 bits per heavy atom. The number of likely N-dealkylation sites (tertiary alicyclic amines) is 1. The molecule has 0 aromatic heterocycles. The van der Waals surface area contributed by atoms with Gasteiger partial charge in [0, 0.05) is 25.2 Å². The molecule has 2 saturated carbocycles. The predicted octanol–water partition coefficient (Wildman–Crippen LogP) is 2.00. The Morgan fingerprint density at radius 1 is 1.21 bits per heavy atom. The molecule has 3 fully saturated rings. The number of hydrogen-bond acceptors (Lipinski definition) is 3. The first-order valence-corrected chi connectivity index (χ1v) is 8.31. The maximum Gasteiger partial charge on any atom is 0.0589 e. The van der Waals surface area contributed by atoms with Gasteiger partial charge < -0.3 is 10.4 Å². The van der Waals surface area contributed by atoms with E-state index in [9.17, 15) is 5.11 Å². The minimum atomic E-state index is 0.341. The number of aliphatic hydroxyl groups excluding tert-OH is 1. The molecule has 2 atom stereocenters. The highest BCUT2D eigenvalue weighted by Crippen LogP contribution is 2.41. The molecule has 0 radical (unpaired) electrons. The van der Waals surface area contributed by atoms with E-state index in [1.807, 2.05) is 0 Å². The van der Waals surface area contributed by atoms with Gasteiger partial charge in [-0.3, -0.25) is 4.90 Å². The van der Waals surface area contributed by atoms with Gasteiger partial charge in [0.1, 0.15) is 0 Å². The summed E-state index contributed by atoms with van der Waals surface area (Å²) in [6.45, 7) is 6.25. The van der Waals surface area contributed by atoms with Gasteiger partial charge in [-0.25, -0.2) is 0 Å². The molecule has 3 rings (SSSR count). The van der Waals surface area contributed by atoms with E-state index in [1.54, 1.807) is 0 Å². The number of rotatable bonds is 6. The smallest absolute Gasteiger partial charge is 0.0589 e. The highest BCUT2D eigenvalue weighted by molar-refractivity contribution is 4.95. The maximum absolute atomic E-state index is 9.64. The lowest BCUT2D eigenvalue weighted by Crippen LogP contribution is -2.46. The van der Waals surface area contributed by atoms with Crippen LogP contribution in [0.2, 0.25) is 0 Å². The van der Waals surface area contributed by atoms with Crippen molar-refractivity contribution < 1.29 is 5.11 Å². The number of hydrogen-bond donors (Lipinski definition) is 2. The van der Waals surface area contributed by atoms with E-state index >= 15 is 0 Å². The lowest BCUT2D eigenvalue weighted by molar-refractivity contribution is 0.0899. The molecule has 1 saturated heterocycles.